The Bertz CT molecular complexity index is 746. The minimum atomic E-state index is -0.0114. The van der Waals surface area contributed by atoms with E-state index in [9.17, 15) is 9.59 Å². The van der Waals surface area contributed by atoms with E-state index in [1.165, 1.54) is 22.2 Å². The van der Waals surface area contributed by atoms with Gasteiger partial charge in [-0.2, -0.15) is 0 Å². The molecule has 1 aliphatic rings. The zero-order valence-electron chi connectivity index (χ0n) is 10.8. The van der Waals surface area contributed by atoms with Crippen LogP contribution in [0.15, 0.2) is 22.6 Å². The molecular formula is C14H13N2O2S2. The second-order valence-electron chi connectivity index (χ2n) is 4.57. The number of allylic oxidation sites excluding steroid dienone is 1. The average Bonchev–Trinajstić information content (AvgIpc) is 3.00. The fourth-order valence-electron chi connectivity index (χ4n) is 2.55. The number of aromatic nitrogens is 2. The third-order valence-corrected chi connectivity index (χ3v) is 5.38. The molecule has 0 N–H and O–H groups in total. The van der Waals surface area contributed by atoms with Crippen LogP contribution in [0.25, 0.3) is 10.2 Å². The summed E-state index contributed by atoms with van der Waals surface area (Å²) in [7, 11) is 0. The first kappa shape index (κ1) is 13.6. The minimum absolute atomic E-state index is 0.0114. The molecule has 6 heteroatoms. The number of rotatable bonds is 5. The van der Waals surface area contributed by atoms with Crippen molar-refractivity contribution in [3.63, 3.8) is 0 Å². The lowest BCUT2D eigenvalue weighted by molar-refractivity contribution is 0.560. The van der Waals surface area contributed by atoms with Gasteiger partial charge >= 0.3 is 0 Å². The molecule has 0 saturated heterocycles. The van der Waals surface area contributed by atoms with E-state index in [0.29, 0.717) is 11.7 Å². The highest BCUT2D eigenvalue weighted by Gasteiger charge is 2.22. The second-order valence-corrected chi connectivity index (χ2v) is 6.60. The fraction of sp³-hybridized carbons (Fsp3) is 0.357. The van der Waals surface area contributed by atoms with Gasteiger partial charge in [0.25, 0.3) is 5.56 Å². The lowest BCUT2D eigenvalue weighted by Gasteiger charge is -2.09. The van der Waals surface area contributed by atoms with E-state index in [0.717, 1.165) is 29.5 Å². The van der Waals surface area contributed by atoms with Crippen molar-refractivity contribution in [1.82, 2.24) is 9.55 Å². The molecule has 2 aromatic heterocycles. The molecule has 2 aromatic rings. The van der Waals surface area contributed by atoms with E-state index >= 15 is 0 Å². The normalized spacial score (nSPS) is 13.6. The minimum Gasteiger partial charge on any atom is -0.290 e. The predicted molar refractivity (Wildman–Crippen MR) is 82.5 cm³/mol. The van der Waals surface area contributed by atoms with Crippen molar-refractivity contribution in [3.05, 3.63) is 33.4 Å². The van der Waals surface area contributed by atoms with Crippen LogP contribution >= 0.6 is 23.1 Å². The molecule has 4 nitrogen and oxygen atoms in total. The summed E-state index contributed by atoms with van der Waals surface area (Å²) >= 11 is 2.86. The maximum atomic E-state index is 12.7. The second kappa shape index (κ2) is 5.54. The monoisotopic (exact) mass is 305 g/mol. The van der Waals surface area contributed by atoms with Gasteiger partial charge in [0.05, 0.1) is 11.1 Å². The van der Waals surface area contributed by atoms with E-state index in [-0.39, 0.29) is 11.3 Å². The van der Waals surface area contributed by atoms with Gasteiger partial charge in [-0.05, 0) is 24.8 Å². The lowest BCUT2D eigenvalue weighted by Crippen LogP contribution is -2.23. The quantitative estimate of drug-likeness (QED) is 0.483. The molecule has 0 spiro atoms. The topological polar surface area (TPSA) is 52.0 Å². The summed E-state index contributed by atoms with van der Waals surface area (Å²) < 4.78 is 1.60. The molecule has 103 valence electrons. The molecule has 0 bridgehead atoms. The Kier molecular flexibility index (Phi) is 3.76. The summed E-state index contributed by atoms with van der Waals surface area (Å²) in [4.78, 5) is 29.8. The summed E-state index contributed by atoms with van der Waals surface area (Å²) in [5, 5.41) is 1.34. The Labute approximate surface area is 124 Å². The Morgan fingerprint density at radius 3 is 3.10 bits per heavy atom. The Morgan fingerprint density at radius 2 is 2.35 bits per heavy atom. The van der Waals surface area contributed by atoms with Gasteiger partial charge in [0, 0.05) is 11.4 Å². The van der Waals surface area contributed by atoms with Crippen LogP contribution in [0.1, 0.15) is 16.9 Å². The molecule has 0 atom stereocenters. The van der Waals surface area contributed by atoms with Crippen LogP contribution in [0.5, 0.6) is 0 Å². The molecule has 0 aliphatic heterocycles. The van der Waals surface area contributed by atoms with Crippen molar-refractivity contribution in [2.24, 2.45) is 0 Å². The highest BCUT2D eigenvalue weighted by Crippen LogP contribution is 2.35. The first-order chi connectivity index (χ1) is 9.76. The molecule has 0 fully saturated rings. The van der Waals surface area contributed by atoms with E-state index in [4.69, 9.17) is 0 Å². The van der Waals surface area contributed by atoms with Crippen LogP contribution in [-0.2, 0) is 24.2 Å². The number of nitrogens with zero attached hydrogens (tertiary/aromatic N) is 2. The standard InChI is InChI=1S/C14H13N2O2S2/c1-2-6-16-13(18)11-9-4-3-5-10(9)20-12(11)15-14(16)19-8-7-17/h2H,1,3-6,8H2. The highest BCUT2D eigenvalue weighted by molar-refractivity contribution is 7.99. The van der Waals surface area contributed by atoms with E-state index < -0.39 is 0 Å². The molecule has 0 aromatic carbocycles. The molecule has 0 amide bonds. The lowest BCUT2D eigenvalue weighted by atomic mass is 10.2. The van der Waals surface area contributed by atoms with Gasteiger partial charge in [0.2, 0.25) is 6.29 Å². The number of fused-ring (bicyclic) bond motifs is 3. The van der Waals surface area contributed by atoms with Crippen molar-refractivity contribution < 1.29 is 4.79 Å². The first-order valence-corrected chi connectivity index (χ1v) is 8.20. The molecule has 0 saturated carbocycles. The molecule has 20 heavy (non-hydrogen) atoms. The Morgan fingerprint density at radius 1 is 1.50 bits per heavy atom. The fourth-order valence-corrected chi connectivity index (χ4v) is 4.52. The number of aryl methyl sites for hydroxylation is 2. The van der Waals surface area contributed by atoms with Crippen molar-refractivity contribution in [2.75, 3.05) is 5.75 Å². The summed E-state index contributed by atoms with van der Waals surface area (Å²) in [6.45, 7) is 4.10. The van der Waals surface area contributed by atoms with Gasteiger partial charge in [0.15, 0.2) is 5.16 Å². The van der Waals surface area contributed by atoms with E-state index in [1.807, 2.05) is 6.29 Å². The predicted octanol–water partition coefficient (Wildman–Crippen LogP) is 2.33. The number of hydrogen-bond acceptors (Lipinski definition) is 5. The number of thioether (sulfide) groups is 1. The van der Waals surface area contributed by atoms with E-state index in [1.54, 1.807) is 22.0 Å². The smallest absolute Gasteiger partial charge is 0.263 e. The van der Waals surface area contributed by atoms with Crippen molar-refractivity contribution in [1.29, 1.82) is 0 Å². The molecule has 1 radical (unpaired) electrons. The summed E-state index contributed by atoms with van der Waals surface area (Å²) in [6.07, 6.45) is 6.63. The van der Waals surface area contributed by atoms with Crippen LogP contribution in [0.4, 0.5) is 0 Å². The van der Waals surface area contributed by atoms with Gasteiger partial charge in [-0.1, -0.05) is 17.8 Å². The third kappa shape index (κ3) is 2.13. The molecule has 3 rings (SSSR count). The van der Waals surface area contributed by atoms with E-state index in [2.05, 4.69) is 11.6 Å². The van der Waals surface area contributed by atoms with Gasteiger partial charge in [-0.25, -0.2) is 4.98 Å². The van der Waals surface area contributed by atoms with Crippen molar-refractivity contribution in [3.8, 4) is 0 Å². The third-order valence-electron chi connectivity index (χ3n) is 3.36. The molecule has 0 unspecified atom stereocenters. The molecule has 2 heterocycles. The SMILES string of the molecule is C=CCn1c(SC[C]=O)nc2sc3c(c2c1=O)CCC3. The largest absolute Gasteiger partial charge is 0.290 e. The zero-order valence-corrected chi connectivity index (χ0v) is 12.5. The highest BCUT2D eigenvalue weighted by atomic mass is 32.2. The maximum Gasteiger partial charge on any atom is 0.263 e. The number of carbonyl (C=O) groups excluding carboxylic acids is 1. The Balaban J connectivity index is 2.24. The van der Waals surface area contributed by atoms with Gasteiger partial charge in [-0.15, -0.1) is 17.9 Å². The van der Waals surface area contributed by atoms with Crippen molar-refractivity contribution in [2.45, 2.75) is 31.0 Å². The zero-order chi connectivity index (χ0) is 14.1. The van der Waals surface area contributed by atoms with Crippen LogP contribution < -0.4 is 5.56 Å². The van der Waals surface area contributed by atoms with Crippen molar-refractivity contribution >= 4 is 39.6 Å². The Hall–Kier alpha value is -1.40. The van der Waals surface area contributed by atoms with Crippen LogP contribution in [-0.4, -0.2) is 21.6 Å². The van der Waals surface area contributed by atoms with Gasteiger partial charge in [-0.3, -0.25) is 14.2 Å². The molecule has 1 aliphatic carbocycles. The number of hydrogen-bond donors (Lipinski definition) is 0. The average molecular weight is 305 g/mol. The van der Waals surface area contributed by atoms with Gasteiger partial charge < -0.3 is 0 Å². The van der Waals surface area contributed by atoms with Crippen LogP contribution in [0.3, 0.4) is 0 Å². The summed E-state index contributed by atoms with van der Waals surface area (Å²) in [5.74, 6) is 0.181. The number of thiophene rings is 1. The van der Waals surface area contributed by atoms with Crippen LogP contribution in [0, 0.1) is 0 Å². The molecular weight excluding hydrogens is 292 g/mol. The first-order valence-electron chi connectivity index (χ1n) is 6.40. The summed E-state index contributed by atoms with van der Waals surface area (Å²) in [5.41, 5.74) is 1.17. The van der Waals surface area contributed by atoms with Gasteiger partial charge in [0.1, 0.15) is 4.83 Å². The van der Waals surface area contributed by atoms with Crippen LogP contribution in [0.2, 0.25) is 0 Å². The maximum absolute atomic E-state index is 12.7. The summed E-state index contributed by atoms with van der Waals surface area (Å²) in [6, 6.07) is 0.